The predicted octanol–water partition coefficient (Wildman–Crippen LogP) is 3.62. The van der Waals surface area contributed by atoms with Crippen molar-refractivity contribution < 1.29 is 0 Å². The molecule has 2 heterocycles. The van der Waals surface area contributed by atoms with E-state index >= 15 is 0 Å². The van der Waals surface area contributed by atoms with Crippen molar-refractivity contribution >= 4 is 44.4 Å². The van der Waals surface area contributed by atoms with E-state index in [-0.39, 0.29) is 0 Å². The molecule has 0 fully saturated rings. The summed E-state index contributed by atoms with van der Waals surface area (Å²) < 4.78 is 0.903. The van der Waals surface area contributed by atoms with Gasteiger partial charge in [0.2, 0.25) is 0 Å². The molecular formula is C12H8BrClN4. The number of fused-ring (bicyclic) bond motifs is 1. The number of aromatic nitrogens is 3. The maximum Gasteiger partial charge on any atom is 0.178 e. The molecule has 0 atom stereocenters. The minimum atomic E-state index is 0.516. The van der Waals surface area contributed by atoms with Gasteiger partial charge in [0.15, 0.2) is 5.65 Å². The minimum Gasteiger partial charge on any atom is -0.398 e. The fourth-order valence-corrected chi connectivity index (χ4v) is 2.20. The zero-order valence-corrected chi connectivity index (χ0v) is 11.5. The second-order valence-corrected chi connectivity index (χ2v) is 5.17. The summed E-state index contributed by atoms with van der Waals surface area (Å²) in [6, 6.07) is 7.34. The average molecular weight is 324 g/mol. The van der Waals surface area contributed by atoms with Crippen molar-refractivity contribution in [1.82, 2.24) is 15.0 Å². The van der Waals surface area contributed by atoms with Crippen LogP contribution in [0.4, 0.5) is 5.69 Å². The largest absolute Gasteiger partial charge is 0.398 e. The molecule has 0 radical (unpaired) electrons. The number of nitrogens with two attached hydrogens (primary N) is 1. The van der Waals surface area contributed by atoms with Crippen molar-refractivity contribution in [2.24, 2.45) is 0 Å². The molecule has 2 aromatic heterocycles. The number of halogens is 2. The van der Waals surface area contributed by atoms with Gasteiger partial charge in [0.1, 0.15) is 5.82 Å². The Morgan fingerprint density at radius 3 is 2.89 bits per heavy atom. The molecule has 18 heavy (non-hydrogen) atoms. The number of pyridine rings is 1. The van der Waals surface area contributed by atoms with E-state index in [0.717, 1.165) is 21.4 Å². The summed E-state index contributed by atoms with van der Waals surface area (Å²) in [5.74, 6) is 0.720. The van der Waals surface area contributed by atoms with E-state index in [0.29, 0.717) is 16.4 Å². The summed E-state index contributed by atoms with van der Waals surface area (Å²) >= 11 is 9.37. The number of hydrogen-bond acceptors (Lipinski definition) is 3. The lowest BCUT2D eigenvalue weighted by molar-refractivity contribution is 1.30. The smallest absolute Gasteiger partial charge is 0.178 e. The number of imidazole rings is 1. The van der Waals surface area contributed by atoms with Gasteiger partial charge in [-0.25, -0.2) is 9.97 Å². The summed E-state index contributed by atoms with van der Waals surface area (Å²) in [4.78, 5) is 11.8. The normalized spacial score (nSPS) is 11.0. The highest BCUT2D eigenvalue weighted by Gasteiger charge is 2.08. The van der Waals surface area contributed by atoms with Crippen LogP contribution in [0, 0.1) is 0 Å². The first-order valence-electron chi connectivity index (χ1n) is 5.20. The van der Waals surface area contributed by atoms with E-state index in [1.165, 1.54) is 0 Å². The minimum absolute atomic E-state index is 0.516. The highest BCUT2D eigenvalue weighted by atomic mass is 79.9. The number of nitrogens with one attached hydrogen (secondary N) is 1. The van der Waals surface area contributed by atoms with E-state index in [2.05, 4.69) is 30.9 Å². The fraction of sp³-hybridized carbons (Fsp3) is 0. The number of nitrogen functional groups attached to an aromatic ring is 1. The van der Waals surface area contributed by atoms with Gasteiger partial charge in [-0.1, -0.05) is 11.6 Å². The van der Waals surface area contributed by atoms with Gasteiger partial charge in [0.05, 0.1) is 16.2 Å². The highest BCUT2D eigenvalue weighted by Crippen LogP contribution is 2.26. The molecule has 0 unspecified atom stereocenters. The van der Waals surface area contributed by atoms with Gasteiger partial charge in [-0.05, 0) is 40.2 Å². The van der Waals surface area contributed by atoms with Crippen LogP contribution in [-0.4, -0.2) is 15.0 Å². The van der Waals surface area contributed by atoms with Crippen LogP contribution < -0.4 is 5.73 Å². The summed E-state index contributed by atoms with van der Waals surface area (Å²) in [5, 5.41) is 0.516. The van der Waals surface area contributed by atoms with Crippen molar-refractivity contribution in [1.29, 1.82) is 0 Å². The van der Waals surface area contributed by atoms with E-state index in [1.807, 2.05) is 12.1 Å². The molecule has 4 nitrogen and oxygen atoms in total. The van der Waals surface area contributed by atoms with Crippen LogP contribution in [-0.2, 0) is 0 Å². The maximum absolute atomic E-state index is 6.00. The van der Waals surface area contributed by atoms with Crippen molar-refractivity contribution in [2.45, 2.75) is 0 Å². The molecule has 0 saturated heterocycles. The second kappa shape index (κ2) is 4.26. The molecule has 0 aliphatic carbocycles. The quantitative estimate of drug-likeness (QED) is 0.672. The average Bonchev–Trinajstić information content (AvgIpc) is 2.75. The van der Waals surface area contributed by atoms with Crippen LogP contribution in [0.15, 0.2) is 34.9 Å². The molecule has 3 aromatic rings. The molecule has 0 bridgehead atoms. The Bertz CT molecular complexity index is 738. The van der Waals surface area contributed by atoms with E-state index in [4.69, 9.17) is 17.3 Å². The highest BCUT2D eigenvalue weighted by molar-refractivity contribution is 9.10. The van der Waals surface area contributed by atoms with Gasteiger partial charge in [-0.2, -0.15) is 0 Å². The van der Waals surface area contributed by atoms with Gasteiger partial charge in [0.25, 0.3) is 0 Å². The van der Waals surface area contributed by atoms with Crippen molar-refractivity contribution in [3.63, 3.8) is 0 Å². The molecule has 3 N–H and O–H groups in total. The fourth-order valence-electron chi connectivity index (χ4n) is 1.69. The standard InChI is InChI=1S/C12H8BrClN4/c13-7-4-10-12(16-5-7)18-11(17-10)6-1-2-9(15)8(14)3-6/h1-5H,15H2,(H,16,17,18). The summed E-state index contributed by atoms with van der Waals surface area (Å²) in [6.07, 6.45) is 1.71. The Morgan fingerprint density at radius 2 is 2.11 bits per heavy atom. The van der Waals surface area contributed by atoms with Gasteiger partial charge in [0, 0.05) is 16.2 Å². The van der Waals surface area contributed by atoms with Crippen molar-refractivity contribution in [2.75, 3.05) is 5.73 Å². The topological polar surface area (TPSA) is 67.6 Å². The van der Waals surface area contributed by atoms with Gasteiger partial charge in [-0.3, -0.25) is 0 Å². The molecule has 1 aromatic carbocycles. The van der Waals surface area contributed by atoms with Gasteiger partial charge < -0.3 is 10.7 Å². The summed E-state index contributed by atoms with van der Waals surface area (Å²) in [7, 11) is 0. The summed E-state index contributed by atoms with van der Waals surface area (Å²) in [5.41, 5.74) is 8.65. The number of hydrogen-bond donors (Lipinski definition) is 2. The first kappa shape index (κ1) is 11.5. The first-order chi connectivity index (χ1) is 8.63. The van der Waals surface area contributed by atoms with Crippen LogP contribution >= 0.6 is 27.5 Å². The van der Waals surface area contributed by atoms with Crippen LogP contribution in [0.2, 0.25) is 5.02 Å². The van der Waals surface area contributed by atoms with Crippen molar-refractivity contribution in [3.8, 4) is 11.4 Å². The Hall–Kier alpha value is -1.59. The number of rotatable bonds is 1. The van der Waals surface area contributed by atoms with E-state index in [9.17, 15) is 0 Å². The van der Waals surface area contributed by atoms with E-state index in [1.54, 1.807) is 18.3 Å². The maximum atomic E-state index is 6.00. The molecule has 0 amide bonds. The number of anilines is 1. The summed E-state index contributed by atoms with van der Waals surface area (Å²) in [6.45, 7) is 0. The molecule has 0 aliphatic heterocycles. The number of benzene rings is 1. The lowest BCUT2D eigenvalue weighted by atomic mass is 10.2. The van der Waals surface area contributed by atoms with Crippen LogP contribution in [0.25, 0.3) is 22.6 Å². The SMILES string of the molecule is Nc1ccc(-c2nc3ncc(Br)cc3[nH]2)cc1Cl. The Labute approximate surface area is 116 Å². The third-order valence-electron chi connectivity index (χ3n) is 2.58. The Kier molecular flexibility index (Phi) is 2.72. The molecule has 3 rings (SSSR count). The molecule has 0 aliphatic rings. The van der Waals surface area contributed by atoms with Crippen molar-refractivity contribution in [3.05, 3.63) is 40.0 Å². The lowest BCUT2D eigenvalue weighted by Gasteiger charge is -2.00. The first-order valence-corrected chi connectivity index (χ1v) is 6.37. The van der Waals surface area contributed by atoms with Gasteiger partial charge in [-0.15, -0.1) is 0 Å². The van der Waals surface area contributed by atoms with Crippen LogP contribution in [0.5, 0.6) is 0 Å². The Morgan fingerprint density at radius 1 is 1.28 bits per heavy atom. The molecular weight excluding hydrogens is 316 g/mol. The Balaban J connectivity index is 2.16. The number of aromatic amines is 1. The van der Waals surface area contributed by atoms with E-state index < -0.39 is 0 Å². The third-order valence-corrected chi connectivity index (χ3v) is 3.34. The molecule has 0 spiro atoms. The molecule has 6 heteroatoms. The lowest BCUT2D eigenvalue weighted by Crippen LogP contribution is -1.87. The number of nitrogens with zero attached hydrogens (tertiary/aromatic N) is 2. The second-order valence-electron chi connectivity index (χ2n) is 3.85. The third kappa shape index (κ3) is 1.95. The van der Waals surface area contributed by atoms with Crippen LogP contribution in [0.1, 0.15) is 0 Å². The zero-order chi connectivity index (χ0) is 12.7. The zero-order valence-electron chi connectivity index (χ0n) is 9.11. The predicted molar refractivity (Wildman–Crippen MR) is 76.4 cm³/mol. The monoisotopic (exact) mass is 322 g/mol. The molecule has 0 saturated carbocycles. The van der Waals surface area contributed by atoms with Crippen LogP contribution in [0.3, 0.4) is 0 Å². The van der Waals surface area contributed by atoms with Gasteiger partial charge >= 0.3 is 0 Å². The number of H-pyrrole nitrogens is 1. The molecule has 90 valence electrons.